The third kappa shape index (κ3) is 5.08. The zero-order valence-electron chi connectivity index (χ0n) is 17.3. The minimum atomic E-state index is -5.13. The van der Waals surface area contributed by atoms with Gasteiger partial charge < -0.3 is 9.88 Å². The van der Waals surface area contributed by atoms with Gasteiger partial charge in [-0.05, 0) is 35.9 Å². The Morgan fingerprint density at radius 2 is 1.63 bits per heavy atom. The van der Waals surface area contributed by atoms with Crippen molar-refractivity contribution in [1.82, 2.24) is 9.55 Å². The number of aromatic nitrogens is 2. The standard InChI is InChI=1S/C23H13Cl2F6N3O/c24-13-5-4-12(18(25)8-13)10-34-11-15(14-6-7-32-9-19(14)34)21(35)33-20-16(22(26,27)28)2-1-3-17(20)23(29,30)31/h1-9,11H,10H2,(H,33,35). The number of hydrogen-bond acceptors (Lipinski definition) is 2. The van der Waals surface area contributed by atoms with Crippen LogP contribution in [0.25, 0.3) is 10.9 Å². The second-order valence-corrected chi connectivity index (χ2v) is 8.32. The summed E-state index contributed by atoms with van der Waals surface area (Å²) in [6.07, 6.45) is -6.18. The highest BCUT2D eigenvalue weighted by Crippen LogP contribution is 2.43. The predicted octanol–water partition coefficient (Wildman–Crippen LogP) is 7.68. The van der Waals surface area contributed by atoms with Crippen molar-refractivity contribution in [3.63, 3.8) is 0 Å². The monoisotopic (exact) mass is 531 g/mol. The van der Waals surface area contributed by atoms with Gasteiger partial charge in [0.1, 0.15) is 0 Å². The van der Waals surface area contributed by atoms with E-state index in [1.165, 1.54) is 30.7 Å². The molecule has 4 nitrogen and oxygen atoms in total. The highest BCUT2D eigenvalue weighted by molar-refractivity contribution is 6.35. The van der Waals surface area contributed by atoms with E-state index in [0.29, 0.717) is 39.3 Å². The third-order valence-electron chi connectivity index (χ3n) is 5.20. The number of amides is 1. The van der Waals surface area contributed by atoms with Crippen LogP contribution in [0.15, 0.2) is 61.1 Å². The first kappa shape index (κ1) is 24.9. The van der Waals surface area contributed by atoms with E-state index in [0.717, 1.165) is 0 Å². The summed E-state index contributed by atoms with van der Waals surface area (Å²) in [5.74, 6) is -1.15. The Bertz CT molecular complexity index is 1400. The second-order valence-electron chi connectivity index (χ2n) is 7.48. The summed E-state index contributed by atoms with van der Waals surface area (Å²) in [6.45, 7) is 0.137. The fraction of sp³-hybridized carbons (Fsp3) is 0.130. The van der Waals surface area contributed by atoms with E-state index >= 15 is 0 Å². The van der Waals surface area contributed by atoms with Gasteiger partial charge in [-0.25, -0.2) is 0 Å². The van der Waals surface area contributed by atoms with Gasteiger partial charge in [0.25, 0.3) is 5.91 Å². The van der Waals surface area contributed by atoms with Crippen LogP contribution in [0, 0.1) is 0 Å². The number of carbonyl (C=O) groups excluding carboxylic acids is 1. The van der Waals surface area contributed by atoms with E-state index in [-0.39, 0.29) is 17.5 Å². The Hall–Kier alpha value is -3.24. The number of fused-ring (bicyclic) bond motifs is 1. The smallest absolute Gasteiger partial charge is 0.341 e. The summed E-state index contributed by atoms with van der Waals surface area (Å²) < 4.78 is 82.5. The lowest BCUT2D eigenvalue weighted by Crippen LogP contribution is -2.21. The van der Waals surface area contributed by atoms with E-state index in [9.17, 15) is 31.1 Å². The summed E-state index contributed by atoms with van der Waals surface area (Å²) in [5.41, 5.74) is -3.70. The van der Waals surface area contributed by atoms with E-state index in [2.05, 4.69) is 4.98 Å². The second kappa shape index (κ2) is 9.09. The average molecular weight is 532 g/mol. The Balaban J connectivity index is 1.79. The molecule has 4 rings (SSSR count). The molecule has 0 fully saturated rings. The van der Waals surface area contributed by atoms with Gasteiger partial charge in [-0.3, -0.25) is 9.78 Å². The summed E-state index contributed by atoms with van der Waals surface area (Å²) in [7, 11) is 0. The zero-order chi connectivity index (χ0) is 25.5. The number of nitrogens with zero attached hydrogens (tertiary/aromatic N) is 2. The molecule has 2 aromatic heterocycles. The number of para-hydroxylation sites is 1. The Kier molecular flexibility index (Phi) is 6.46. The quantitative estimate of drug-likeness (QED) is 0.274. The molecule has 0 aliphatic carbocycles. The highest BCUT2D eigenvalue weighted by Gasteiger charge is 2.41. The van der Waals surface area contributed by atoms with Crippen LogP contribution in [0.2, 0.25) is 10.0 Å². The lowest BCUT2D eigenvalue weighted by Gasteiger charge is -2.19. The summed E-state index contributed by atoms with van der Waals surface area (Å²) >= 11 is 12.1. The van der Waals surface area contributed by atoms with Crippen LogP contribution in [-0.2, 0) is 18.9 Å². The molecular formula is C23H13Cl2F6N3O. The predicted molar refractivity (Wildman–Crippen MR) is 120 cm³/mol. The van der Waals surface area contributed by atoms with E-state index in [1.807, 2.05) is 5.32 Å². The van der Waals surface area contributed by atoms with Gasteiger partial charge >= 0.3 is 12.4 Å². The number of rotatable bonds is 4. The van der Waals surface area contributed by atoms with Crippen molar-refractivity contribution in [3.8, 4) is 0 Å². The molecule has 4 aromatic rings. The maximum Gasteiger partial charge on any atom is 0.418 e. The molecule has 0 unspecified atom stereocenters. The number of alkyl halides is 6. The third-order valence-corrected chi connectivity index (χ3v) is 5.79. The van der Waals surface area contributed by atoms with E-state index in [4.69, 9.17) is 23.2 Å². The van der Waals surface area contributed by atoms with Crippen LogP contribution in [0.5, 0.6) is 0 Å². The van der Waals surface area contributed by atoms with Crippen molar-refractivity contribution in [2.45, 2.75) is 18.9 Å². The van der Waals surface area contributed by atoms with Crippen LogP contribution < -0.4 is 5.32 Å². The van der Waals surface area contributed by atoms with Crippen molar-refractivity contribution in [1.29, 1.82) is 0 Å². The van der Waals surface area contributed by atoms with Crippen molar-refractivity contribution in [2.75, 3.05) is 5.32 Å². The van der Waals surface area contributed by atoms with Gasteiger partial charge in [0.2, 0.25) is 0 Å². The fourth-order valence-electron chi connectivity index (χ4n) is 3.62. The highest BCUT2D eigenvalue weighted by atomic mass is 35.5. The lowest BCUT2D eigenvalue weighted by molar-refractivity contribution is -0.141. The Morgan fingerprint density at radius 3 is 2.23 bits per heavy atom. The van der Waals surface area contributed by atoms with Crippen LogP contribution in [0.4, 0.5) is 32.0 Å². The van der Waals surface area contributed by atoms with Gasteiger partial charge in [-0.2, -0.15) is 26.3 Å². The molecule has 0 atom stereocenters. The number of nitrogens with one attached hydrogen (secondary N) is 1. The SMILES string of the molecule is O=C(Nc1c(C(F)(F)F)cccc1C(F)(F)F)c1cn(Cc2ccc(Cl)cc2Cl)c2cnccc12. The molecule has 12 heteroatoms. The number of hydrogen-bond donors (Lipinski definition) is 1. The van der Waals surface area contributed by atoms with Crippen molar-refractivity contribution < 1.29 is 31.1 Å². The molecule has 0 aliphatic rings. The summed E-state index contributed by atoms with van der Waals surface area (Å²) in [6, 6.07) is 7.79. The molecular weight excluding hydrogens is 519 g/mol. The zero-order valence-corrected chi connectivity index (χ0v) is 18.8. The van der Waals surface area contributed by atoms with Crippen molar-refractivity contribution >= 4 is 45.7 Å². The number of benzene rings is 2. The van der Waals surface area contributed by atoms with Gasteiger partial charge in [0.15, 0.2) is 0 Å². The molecule has 0 radical (unpaired) electrons. The van der Waals surface area contributed by atoms with Gasteiger partial charge in [-0.1, -0.05) is 35.3 Å². The maximum absolute atomic E-state index is 13.5. The average Bonchev–Trinajstić information content (AvgIpc) is 3.13. The van der Waals surface area contributed by atoms with Crippen molar-refractivity contribution in [3.05, 3.63) is 93.4 Å². The topological polar surface area (TPSA) is 46.9 Å². The summed E-state index contributed by atoms with van der Waals surface area (Å²) in [4.78, 5) is 17.0. The lowest BCUT2D eigenvalue weighted by atomic mass is 10.1. The van der Waals surface area contributed by atoms with Crippen molar-refractivity contribution in [2.24, 2.45) is 0 Å². The van der Waals surface area contributed by atoms with E-state index in [1.54, 1.807) is 16.7 Å². The van der Waals surface area contributed by atoms with E-state index < -0.39 is 35.1 Å². The van der Waals surface area contributed by atoms with Crippen LogP contribution in [0.3, 0.4) is 0 Å². The van der Waals surface area contributed by atoms with Crippen LogP contribution >= 0.6 is 23.2 Å². The molecule has 0 spiro atoms. The first-order chi connectivity index (χ1) is 16.4. The molecule has 2 heterocycles. The number of carbonyl (C=O) groups is 1. The molecule has 0 aliphatic heterocycles. The first-order valence-corrected chi connectivity index (χ1v) is 10.6. The van der Waals surface area contributed by atoms with Crippen LogP contribution in [0.1, 0.15) is 27.0 Å². The number of anilines is 1. The molecule has 182 valence electrons. The van der Waals surface area contributed by atoms with Crippen LogP contribution in [-0.4, -0.2) is 15.5 Å². The largest absolute Gasteiger partial charge is 0.418 e. The molecule has 35 heavy (non-hydrogen) atoms. The minimum absolute atomic E-state index is 0.137. The Labute approximate surface area is 204 Å². The fourth-order valence-corrected chi connectivity index (χ4v) is 4.09. The molecule has 1 amide bonds. The Morgan fingerprint density at radius 1 is 0.971 bits per heavy atom. The first-order valence-electron chi connectivity index (χ1n) is 9.82. The number of halogens is 8. The molecule has 2 aromatic carbocycles. The van der Waals surface area contributed by atoms with Gasteiger partial charge in [0.05, 0.1) is 34.1 Å². The minimum Gasteiger partial charge on any atom is -0.341 e. The van der Waals surface area contributed by atoms with Gasteiger partial charge in [-0.15, -0.1) is 0 Å². The van der Waals surface area contributed by atoms with Gasteiger partial charge in [0, 0.05) is 34.4 Å². The number of pyridine rings is 1. The normalized spacial score (nSPS) is 12.2. The molecule has 0 bridgehead atoms. The molecule has 0 saturated carbocycles. The maximum atomic E-state index is 13.5. The molecule has 0 saturated heterocycles. The molecule has 1 N–H and O–H groups in total. The summed E-state index contributed by atoms with van der Waals surface area (Å²) in [5, 5.41) is 2.86.